The van der Waals surface area contributed by atoms with E-state index in [1.54, 1.807) is 0 Å². The van der Waals surface area contributed by atoms with Crippen LogP contribution in [0.5, 0.6) is 0 Å². The van der Waals surface area contributed by atoms with Crippen LogP contribution in [0.2, 0.25) is 0 Å². The Hall–Kier alpha value is -2.97. The van der Waals surface area contributed by atoms with Crippen LogP contribution in [0.3, 0.4) is 0 Å². The number of hydrogen-bond acceptors (Lipinski definition) is 5. The third-order valence-corrected chi connectivity index (χ3v) is 5.85. The quantitative estimate of drug-likeness (QED) is 0.561. The first-order chi connectivity index (χ1) is 13.3. The van der Waals surface area contributed by atoms with Crippen molar-refractivity contribution in [1.29, 1.82) is 5.26 Å². The predicted molar refractivity (Wildman–Crippen MR) is 95.8 cm³/mol. The van der Waals surface area contributed by atoms with Crippen LogP contribution >= 0.6 is 0 Å². The first-order valence-corrected chi connectivity index (χ1v) is 9.61. The topological polar surface area (TPSA) is 113 Å². The molecule has 3 N–H and O–H groups in total. The Kier molecular flexibility index (Phi) is 6.01. The summed E-state index contributed by atoms with van der Waals surface area (Å²) >= 11 is 0. The minimum Gasteiger partial charge on any atom is -0.324 e. The van der Waals surface area contributed by atoms with Crippen LogP contribution in [0.15, 0.2) is 47.4 Å². The molecule has 6 nitrogen and oxygen atoms in total. The molecule has 0 radical (unpaired) electrons. The number of carbonyl (C=O) groups excluding carboxylic acids is 1. The van der Waals surface area contributed by atoms with Crippen molar-refractivity contribution in [2.45, 2.75) is 23.5 Å². The molecule has 1 unspecified atom stereocenters. The summed E-state index contributed by atoms with van der Waals surface area (Å²) in [6.07, 6.45) is -4.83. The molecule has 0 fully saturated rings. The van der Waals surface area contributed by atoms with Crippen LogP contribution in [0.4, 0.5) is 23.2 Å². The number of nitriles is 1. The minimum absolute atomic E-state index is 0.263. The van der Waals surface area contributed by atoms with Gasteiger partial charge >= 0.3 is 6.18 Å². The van der Waals surface area contributed by atoms with E-state index in [1.165, 1.54) is 6.07 Å². The van der Waals surface area contributed by atoms with E-state index in [4.69, 9.17) is 11.0 Å². The number of alkyl halides is 3. The SMILES string of the molecule is CC(N)(CS(=O)(=O)c1ccc(F)cc1)C(=O)Nc1ccc(C#N)c(C(F)(F)F)c1. The fourth-order valence-corrected chi connectivity index (χ4v) is 4.05. The predicted octanol–water partition coefficient (Wildman–Crippen LogP) is 2.85. The van der Waals surface area contributed by atoms with Gasteiger partial charge in [-0.1, -0.05) is 0 Å². The lowest BCUT2D eigenvalue weighted by Crippen LogP contribution is -2.53. The van der Waals surface area contributed by atoms with E-state index in [0.29, 0.717) is 6.07 Å². The Bertz CT molecular complexity index is 1070. The Morgan fingerprint density at radius 2 is 1.76 bits per heavy atom. The molecule has 154 valence electrons. The monoisotopic (exact) mass is 429 g/mol. The van der Waals surface area contributed by atoms with Crippen molar-refractivity contribution in [2.75, 3.05) is 11.1 Å². The van der Waals surface area contributed by atoms with E-state index in [0.717, 1.165) is 43.3 Å². The molecule has 2 aromatic rings. The molecule has 0 saturated carbocycles. The number of amides is 1. The van der Waals surface area contributed by atoms with Crippen LogP contribution in [0.1, 0.15) is 18.1 Å². The van der Waals surface area contributed by atoms with E-state index < -0.39 is 50.2 Å². The highest BCUT2D eigenvalue weighted by Crippen LogP contribution is 2.33. The molecule has 2 rings (SSSR count). The molecular formula is C18H15F4N3O3S. The molecule has 0 spiro atoms. The average molecular weight is 429 g/mol. The minimum atomic E-state index is -4.83. The molecule has 1 amide bonds. The Balaban J connectivity index is 2.25. The lowest BCUT2D eigenvalue weighted by atomic mass is 10.0. The van der Waals surface area contributed by atoms with Crippen LogP contribution in [0, 0.1) is 17.1 Å². The van der Waals surface area contributed by atoms with E-state index in [1.807, 2.05) is 0 Å². The maximum Gasteiger partial charge on any atom is 0.417 e. The standard InChI is InChI=1S/C18H15F4N3O3S/c1-17(24,10-29(27,28)14-6-3-12(19)4-7-14)16(26)25-13-5-2-11(9-23)15(8-13)18(20,21)22/h2-8H,10,24H2,1H3,(H,25,26). The first kappa shape index (κ1) is 22.3. The van der Waals surface area contributed by atoms with Crippen molar-refractivity contribution < 1.29 is 30.8 Å². The van der Waals surface area contributed by atoms with E-state index in [-0.39, 0.29) is 10.6 Å². The highest BCUT2D eigenvalue weighted by atomic mass is 32.2. The van der Waals surface area contributed by atoms with Crippen molar-refractivity contribution in [2.24, 2.45) is 5.73 Å². The van der Waals surface area contributed by atoms with Crippen molar-refractivity contribution in [3.63, 3.8) is 0 Å². The number of nitrogens with zero attached hydrogens (tertiary/aromatic N) is 1. The summed E-state index contributed by atoms with van der Waals surface area (Å²) in [5, 5.41) is 10.9. The number of carbonyl (C=O) groups is 1. The number of benzene rings is 2. The van der Waals surface area contributed by atoms with Gasteiger partial charge in [-0.05, 0) is 49.4 Å². The van der Waals surface area contributed by atoms with Crippen molar-refractivity contribution in [3.05, 3.63) is 59.4 Å². The van der Waals surface area contributed by atoms with Gasteiger partial charge in [-0.15, -0.1) is 0 Å². The lowest BCUT2D eigenvalue weighted by molar-refractivity contribution is -0.137. The highest BCUT2D eigenvalue weighted by Gasteiger charge is 2.37. The van der Waals surface area contributed by atoms with Crippen molar-refractivity contribution in [3.8, 4) is 6.07 Å². The van der Waals surface area contributed by atoms with Gasteiger partial charge in [0.2, 0.25) is 5.91 Å². The van der Waals surface area contributed by atoms with Gasteiger partial charge < -0.3 is 11.1 Å². The molecule has 2 aromatic carbocycles. The second-order valence-electron chi connectivity index (χ2n) is 6.45. The Morgan fingerprint density at radius 1 is 1.17 bits per heavy atom. The molecule has 0 saturated heterocycles. The molecule has 0 aromatic heterocycles. The average Bonchev–Trinajstić information content (AvgIpc) is 2.60. The van der Waals surface area contributed by atoms with Gasteiger partial charge in [0.25, 0.3) is 0 Å². The number of hydrogen-bond donors (Lipinski definition) is 2. The summed E-state index contributed by atoms with van der Waals surface area (Å²) in [5.74, 6) is -2.58. The van der Waals surface area contributed by atoms with Gasteiger partial charge in [0, 0.05) is 5.69 Å². The maximum atomic E-state index is 13.0. The fourth-order valence-electron chi connectivity index (χ4n) is 2.41. The summed E-state index contributed by atoms with van der Waals surface area (Å²) in [4.78, 5) is 12.1. The summed E-state index contributed by atoms with van der Waals surface area (Å²) in [7, 11) is -4.09. The smallest absolute Gasteiger partial charge is 0.324 e. The molecule has 1 atom stereocenters. The first-order valence-electron chi connectivity index (χ1n) is 7.96. The fraction of sp³-hybridized carbons (Fsp3) is 0.222. The molecule has 11 heteroatoms. The number of sulfone groups is 1. The van der Waals surface area contributed by atoms with Gasteiger partial charge in [-0.2, -0.15) is 18.4 Å². The van der Waals surface area contributed by atoms with Crippen molar-refractivity contribution in [1.82, 2.24) is 0 Å². The van der Waals surface area contributed by atoms with Crippen LogP contribution in [-0.4, -0.2) is 25.6 Å². The van der Waals surface area contributed by atoms with E-state index in [2.05, 4.69) is 5.32 Å². The normalized spacial score (nSPS) is 14.0. The molecule has 0 bridgehead atoms. The molecular weight excluding hydrogens is 414 g/mol. The van der Waals surface area contributed by atoms with Crippen LogP contribution in [-0.2, 0) is 20.8 Å². The van der Waals surface area contributed by atoms with Gasteiger partial charge in [0.05, 0.1) is 27.8 Å². The van der Waals surface area contributed by atoms with Crippen LogP contribution in [0.25, 0.3) is 0 Å². The summed E-state index contributed by atoms with van der Waals surface area (Å²) in [6.45, 7) is 1.09. The van der Waals surface area contributed by atoms with Gasteiger partial charge in [-0.3, -0.25) is 4.79 Å². The third kappa shape index (κ3) is 5.30. The van der Waals surface area contributed by atoms with E-state index >= 15 is 0 Å². The third-order valence-electron chi connectivity index (χ3n) is 3.88. The maximum absolute atomic E-state index is 13.0. The van der Waals surface area contributed by atoms with Gasteiger partial charge in [0.15, 0.2) is 9.84 Å². The summed E-state index contributed by atoms with van der Waals surface area (Å²) in [6, 6.07) is 7.77. The Morgan fingerprint density at radius 3 is 2.28 bits per heavy atom. The molecule has 0 aliphatic heterocycles. The second-order valence-corrected chi connectivity index (χ2v) is 8.44. The van der Waals surface area contributed by atoms with Gasteiger partial charge in [0.1, 0.15) is 11.4 Å². The largest absolute Gasteiger partial charge is 0.417 e. The van der Waals surface area contributed by atoms with Gasteiger partial charge in [-0.25, -0.2) is 12.8 Å². The molecule has 0 aliphatic rings. The van der Waals surface area contributed by atoms with Crippen LogP contribution < -0.4 is 11.1 Å². The zero-order valence-electron chi connectivity index (χ0n) is 14.9. The zero-order chi connectivity index (χ0) is 22.0. The summed E-state index contributed by atoms with van der Waals surface area (Å²) < 4.78 is 76.9. The molecule has 0 aliphatic carbocycles. The second kappa shape index (κ2) is 7.81. The lowest BCUT2D eigenvalue weighted by Gasteiger charge is -2.23. The number of halogens is 4. The Labute approximate surface area is 163 Å². The molecule has 0 heterocycles. The number of anilines is 1. The highest BCUT2D eigenvalue weighted by molar-refractivity contribution is 7.91. The van der Waals surface area contributed by atoms with Crippen molar-refractivity contribution >= 4 is 21.4 Å². The van der Waals surface area contributed by atoms with E-state index in [9.17, 15) is 30.8 Å². The zero-order valence-corrected chi connectivity index (χ0v) is 15.7. The number of rotatable bonds is 5. The molecule has 29 heavy (non-hydrogen) atoms. The summed E-state index contributed by atoms with van der Waals surface area (Å²) in [5.41, 5.74) is 1.59. The number of nitrogens with one attached hydrogen (secondary N) is 1. The number of nitrogens with two attached hydrogens (primary N) is 1.